The second-order valence-corrected chi connectivity index (χ2v) is 8.11. The first kappa shape index (κ1) is 18.3. The van der Waals surface area contributed by atoms with Gasteiger partial charge in [-0.2, -0.15) is 0 Å². The molecule has 0 fully saturated rings. The van der Waals surface area contributed by atoms with E-state index in [2.05, 4.69) is 42.8 Å². The molecule has 6 heteroatoms. The summed E-state index contributed by atoms with van der Waals surface area (Å²) in [5.41, 5.74) is 3.23. The van der Waals surface area contributed by atoms with E-state index >= 15 is 0 Å². The maximum absolute atomic E-state index is 5.98. The lowest BCUT2D eigenvalue weighted by Crippen LogP contribution is -2.00. The van der Waals surface area contributed by atoms with Crippen LogP contribution in [-0.2, 0) is 5.75 Å². The van der Waals surface area contributed by atoms with E-state index < -0.39 is 0 Å². The van der Waals surface area contributed by atoms with E-state index in [9.17, 15) is 0 Å². The Labute approximate surface area is 175 Å². The number of rotatable bonds is 5. The van der Waals surface area contributed by atoms with Crippen molar-refractivity contribution in [2.24, 2.45) is 0 Å². The van der Waals surface area contributed by atoms with Crippen LogP contribution in [0.4, 0.5) is 0 Å². The van der Waals surface area contributed by atoms with E-state index in [4.69, 9.17) is 11.6 Å². The summed E-state index contributed by atoms with van der Waals surface area (Å²) < 4.78 is 3.09. The molecule has 27 heavy (non-hydrogen) atoms. The molecule has 4 rings (SSSR count). The van der Waals surface area contributed by atoms with Crippen LogP contribution < -0.4 is 0 Å². The summed E-state index contributed by atoms with van der Waals surface area (Å²) in [5, 5.41) is 10.6. The van der Waals surface area contributed by atoms with Crippen molar-refractivity contribution >= 4 is 39.3 Å². The quantitative estimate of drug-likeness (QED) is 0.315. The first-order valence-corrected chi connectivity index (χ1v) is 10.5. The van der Waals surface area contributed by atoms with Crippen molar-refractivity contribution in [3.8, 4) is 17.1 Å². The second kappa shape index (κ2) is 8.30. The van der Waals surface area contributed by atoms with Gasteiger partial charge in [-0.25, -0.2) is 0 Å². The highest BCUT2D eigenvalue weighted by molar-refractivity contribution is 9.10. The SMILES string of the molecule is Clc1ccc(CSc2nnc(-c3ccccc3Br)n2-c2ccccc2)cc1. The predicted octanol–water partition coefficient (Wildman–Crippen LogP) is 6.64. The zero-order valence-electron chi connectivity index (χ0n) is 14.2. The number of para-hydroxylation sites is 1. The van der Waals surface area contributed by atoms with Crippen molar-refractivity contribution < 1.29 is 0 Å². The molecule has 0 N–H and O–H groups in total. The molecular formula is C21H15BrClN3S. The number of aromatic nitrogens is 3. The molecule has 0 radical (unpaired) electrons. The molecule has 0 saturated carbocycles. The van der Waals surface area contributed by atoms with E-state index in [-0.39, 0.29) is 0 Å². The van der Waals surface area contributed by atoms with Crippen LogP contribution >= 0.6 is 39.3 Å². The van der Waals surface area contributed by atoms with Gasteiger partial charge < -0.3 is 0 Å². The van der Waals surface area contributed by atoms with Gasteiger partial charge in [-0.15, -0.1) is 10.2 Å². The third kappa shape index (κ3) is 4.10. The lowest BCUT2D eigenvalue weighted by atomic mass is 10.2. The maximum atomic E-state index is 5.98. The number of halogens is 2. The molecule has 3 aromatic carbocycles. The van der Waals surface area contributed by atoms with Gasteiger partial charge in [-0.05, 0) is 35.9 Å². The summed E-state index contributed by atoms with van der Waals surface area (Å²) >= 11 is 11.3. The zero-order chi connectivity index (χ0) is 18.6. The lowest BCUT2D eigenvalue weighted by Gasteiger charge is -2.11. The summed E-state index contributed by atoms with van der Waals surface area (Å²) in [6.45, 7) is 0. The van der Waals surface area contributed by atoms with Crippen LogP contribution in [0.15, 0.2) is 88.5 Å². The monoisotopic (exact) mass is 455 g/mol. The molecule has 134 valence electrons. The van der Waals surface area contributed by atoms with Crippen molar-refractivity contribution in [3.63, 3.8) is 0 Å². The Kier molecular flexibility index (Phi) is 5.62. The fourth-order valence-corrected chi connectivity index (χ4v) is 4.21. The Morgan fingerprint density at radius 2 is 1.56 bits per heavy atom. The lowest BCUT2D eigenvalue weighted by molar-refractivity contribution is 0.886. The van der Waals surface area contributed by atoms with Gasteiger partial charge in [-0.1, -0.05) is 87.8 Å². The number of nitrogens with zero attached hydrogens (tertiary/aromatic N) is 3. The molecule has 0 spiro atoms. The van der Waals surface area contributed by atoms with Crippen LogP contribution in [-0.4, -0.2) is 14.8 Å². The van der Waals surface area contributed by atoms with Crippen molar-refractivity contribution in [1.29, 1.82) is 0 Å². The van der Waals surface area contributed by atoms with Crippen molar-refractivity contribution in [2.45, 2.75) is 10.9 Å². The van der Waals surface area contributed by atoms with Crippen LogP contribution in [0.25, 0.3) is 17.1 Å². The van der Waals surface area contributed by atoms with Gasteiger partial charge >= 0.3 is 0 Å². The van der Waals surface area contributed by atoms with Gasteiger partial charge in [0.05, 0.1) is 0 Å². The molecule has 1 aromatic heterocycles. The minimum atomic E-state index is 0.743. The van der Waals surface area contributed by atoms with Gasteiger partial charge in [0, 0.05) is 26.5 Å². The highest BCUT2D eigenvalue weighted by Gasteiger charge is 2.17. The fraction of sp³-hybridized carbons (Fsp3) is 0.0476. The van der Waals surface area contributed by atoms with Crippen LogP contribution in [0.3, 0.4) is 0 Å². The van der Waals surface area contributed by atoms with E-state index in [0.717, 1.165) is 37.5 Å². The normalized spacial score (nSPS) is 10.9. The molecule has 0 saturated heterocycles. The van der Waals surface area contributed by atoms with E-state index in [1.165, 1.54) is 5.56 Å². The maximum Gasteiger partial charge on any atom is 0.196 e. The Balaban J connectivity index is 1.73. The topological polar surface area (TPSA) is 30.7 Å². The van der Waals surface area contributed by atoms with Crippen molar-refractivity contribution in [2.75, 3.05) is 0 Å². The minimum absolute atomic E-state index is 0.743. The number of thioether (sulfide) groups is 1. The molecule has 1 heterocycles. The molecule has 3 nitrogen and oxygen atoms in total. The predicted molar refractivity (Wildman–Crippen MR) is 116 cm³/mol. The third-order valence-electron chi connectivity index (χ3n) is 4.04. The van der Waals surface area contributed by atoms with Crippen LogP contribution in [0.2, 0.25) is 5.02 Å². The molecule has 0 unspecified atom stereocenters. The molecule has 0 aliphatic heterocycles. The Bertz CT molecular complexity index is 1050. The average Bonchev–Trinajstić information content (AvgIpc) is 3.12. The highest BCUT2D eigenvalue weighted by atomic mass is 79.9. The average molecular weight is 457 g/mol. The third-order valence-corrected chi connectivity index (χ3v) is 5.99. The second-order valence-electron chi connectivity index (χ2n) is 5.87. The highest BCUT2D eigenvalue weighted by Crippen LogP contribution is 2.33. The van der Waals surface area contributed by atoms with E-state index in [1.54, 1.807) is 11.8 Å². The Morgan fingerprint density at radius 3 is 2.30 bits per heavy atom. The van der Waals surface area contributed by atoms with Gasteiger partial charge in [0.1, 0.15) is 0 Å². The van der Waals surface area contributed by atoms with Gasteiger partial charge in [0.25, 0.3) is 0 Å². The Hall–Kier alpha value is -2.08. The molecule has 4 aromatic rings. The van der Waals surface area contributed by atoms with E-state index in [1.807, 2.05) is 66.7 Å². The number of hydrogen-bond acceptors (Lipinski definition) is 3. The molecule has 0 aliphatic rings. The van der Waals surface area contributed by atoms with Crippen molar-refractivity contribution in [1.82, 2.24) is 14.8 Å². The van der Waals surface area contributed by atoms with Gasteiger partial charge in [0.2, 0.25) is 0 Å². The summed E-state index contributed by atoms with van der Waals surface area (Å²) in [5.74, 6) is 1.60. The summed E-state index contributed by atoms with van der Waals surface area (Å²) in [7, 11) is 0. The van der Waals surface area contributed by atoms with Crippen LogP contribution in [0, 0.1) is 0 Å². The van der Waals surface area contributed by atoms with Gasteiger partial charge in [0.15, 0.2) is 11.0 Å². The zero-order valence-corrected chi connectivity index (χ0v) is 17.4. The summed E-state index contributed by atoms with van der Waals surface area (Å²) in [6.07, 6.45) is 0. The minimum Gasteiger partial charge on any atom is -0.270 e. The summed E-state index contributed by atoms with van der Waals surface area (Å²) in [4.78, 5) is 0. The fourth-order valence-electron chi connectivity index (χ4n) is 2.72. The standard InChI is InChI=1S/C21H15BrClN3S/c22-19-9-5-4-8-18(19)20-24-25-21(26(20)17-6-2-1-3-7-17)27-14-15-10-12-16(23)13-11-15/h1-13H,14H2. The van der Waals surface area contributed by atoms with Crippen LogP contribution in [0.5, 0.6) is 0 Å². The molecule has 0 aliphatic carbocycles. The number of benzene rings is 3. The molecule has 0 atom stereocenters. The molecule has 0 amide bonds. The van der Waals surface area contributed by atoms with Crippen LogP contribution in [0.1, 0.15) is 5.56 Å². The largest absolute Gasteiger partial charge is 0.270 e. The van der Waals surface area contributed by atoms with E-state index in [0.29, 0.717) is 0 Å². The molecule has 0 bridgehead atoms. The summed E-state index contributed by atoms with van der Waals surface area (Å²) in [6, 6.07) is 26.1. The first-order chi connectivity index (χ1) is 13.2. The molecular weight excluding hydrogens is 442 g/mol. The van der Waals surface area contributed by atoms with Crippen molar-refractivity contribution in [3.05, 3.63) is 93.9 Å². The first-order valence-electron chi connectivity index (χ1n) is 8.35. The number of hydrogen-bond donors (Lipinski definition) is 0. The Morgan fingerprint density at radius 1 is 0.852 bits per heavy atom. The van der Waals surface area contributed by atoms with Gasteiger partial charge in [-0.3, -0.25) is 4.57 Å². The smallest absolute Gasteiger partial charge is 0.196 e.